The SMILES string of the molecule is CCc1cnc(CNC(C)c2ccc(C)cc2O)s1. The van der Waals surface area contributed by atoms with Crippen molar-refractivity contribution < 1.29 is 5.11 Å². The molecule has 0 aliphatic rings. The molecule has 0 aliphatic carbocycles. The molecule has 1 aromatic heterocycles. The molecule has 0 saturated heterocycles. The van der Waals surface area contributed by atoms with E-state index in [9.17, 15) is 5.11 Å². The third-order valence-corrected chi connectivity index (χ3v) is 4.30. The van der Waals surface area contributed by atoms with Gasteiger partial charge in [-0.2, -0.15) is 0 Å². The topological polar surface area (TPSA) is 45.2 Å². The highest BCUT2D eigenvalue weighted by atomic mass is 32.1. The summed E-state index contributed by atoms with van der Waals surface area (Å²) in [5, 5.41) is 14.4. The Morgan fingerprint density at radius 1 is 1.42 bits per heavy atom. The van der Waals surface area contributed by atoms with Crippen LogP contribution in [-0.4, -0.2) is 10.1 Å². The van der Waals surface area contributed by atoms with E-state index in [0.29, 0.717) is 5.75 Å². The maximum Gasteiger partial charge on any atom is 0.120 e. The van der Waals surface area contributed by atoms with E-state index < -0.39 is 0 Å². The summed E-state index contributed by atoms with van der Waals surface area (Å²) in [5.74, 6) is 0.355. The first-order valence-corrected chi connectivity index (χ1v) is 7.38. The maximum atomic E-state index is 9.95. The number of aromatic hydroxyl groups is 1. The van der Waals surface area contributed by atoms with E-state index in [2.05, 4.69) is 24.1 Å². The average Bonchev–Trinajstić information content (AvgIpc) is 2.84. The molecule has 1 unspecified atom stereocenters. The lowest BCUT2D eigenvalue weighted by atomic mass is 10.1. The molecule has 19 heavy (non-hydrogen) atoms. The highest BCUT2D eigenvalue weighted by Gasteiger charge is 2.10. The molecule has 2 N–H and O–H groups in total. The van der Waals surface area contributed by atoms with Crippen molar-refractivity contribution in [2.45, 2.75) is 39.8 Å². The molecule has 1 heterocycles. The quantitative estimate of drug-likeness (QED) is 0.877. The van der Waals surface area contributed by atoms with Crippen LogP contribution in [0.5, 0.6) is 5.75 Å². The first-order chi connectivity index (χ1) is 9.10. The third-order valence-electron chi connectivity index (χ3n) is 3.16. The zero-order valence-corrected chi connectivity index (χ0v) is 12.4. The summed E-state index contributed by atoms with van der Waals surface area (Å²) in [6.45, 7) is 6.90. The van der Waals surface area contributed by atoms with Crippen molar-refractivity contribution in [1.29, 1.82) is 0 Å². The predicted molar refractivity (Wildman–Crippen MR) is 79.6 cm³/mol. The number of nitrogens with one attached hydrogen (secondary N) is 1. The van der Waals surface area contributed by atoms with Crippen LogP contribution in [-0.2, 0) is 13.0 Å². The largest absolute Gasteiger partial charge is 0.508 e. The summed E-state index contributed by atoms with van der Waals surface area (Å²) in [4.78, 5) is 5.69. The van der Waals surface area contributed by atoms with Gasteiger partial charge in [0.15, 0.2) is 0 Å². The van der Waals surface area contributed by atoms with Crippen molar-refractivity contribution in [2.75, 3.05) is 0 Å². The van der Waals surface area contributed by atoms with E-state index in [1.807, 2.05) is 25.3 Å². The average molecular weight is 276 g/mol. The summed E-state index contributed by atoms with van der Waals surface area (Å²) in [5.41, 5.74) is 2.00. The Labute approximate surface area is 118 Å². The highest BCUT2D eigenvalue weighted by Crippen LogP contribution is 2.25. The number of phenols is 1. The van der Waals surface area contributed by atoms with E-state index in [1.54, 1.807) is 17.4 Å². The monoisotopic (exact) mass is 276 g/mol. The Kier molecular flexibility index (Phi) is 4.56. The van der Waals surface area contributed by atoms with Crippen LogP contribution >= 0.6 is 11.3 Å². The van der Waals surface area contributed by atoms with E-state index in [4.69, 9.17) is 0 Å². The van der Waals surface area contributed by atoms with Gasteiger partial charge in [-0.15, -0.1) is 11.3 Å². The van der Waals surface area contributed by atoms with Crippen LogP contribution in [0.4, 0.5) is 0 Å². The summed E-state index contributed by atoms with van der Waals surface area (Å²) in [6.07, 6.45) is 2.97. The molecule has 0 bridgehead atoms. The Bertz CT molecular complexity index is 551. The molecule has 0 aliphatic heterocycles. The van der Waals surface area contributed by atoms with Gasteiger partial charge in [-0.3, -0.25) is 0 Å². The molecule has 1 aromatic carbocycles. The minimum atomic E-state index is 0.106. The number of aryl methyl sites for hydroxylation is 2. The van der Waals surface area contributed by atoms with Crippen molar-refractivity contribution in [2.24, 2.45) is 0 Å². The van der Waals surface area contributed by atoms with E-state index in [-0.39, 0.29) is 6.04 Å². The minimum absolute atomic E-state index is 0.106. The third kappa shape index (κ3) is 3.55. The van der Waals surface area contributed by atoms with Crippen molar-refractivity contribution in [1.82, 2.24) is 10.3 Å². The van der Waals surface area contributed by atoms with Gasteiger partial charge in [0.05, 0.1) is 0 Å². The van der Waals surface area contributed by atoms with Crippen LogP contribution in [0.2, 0.25) is 0 Å². The van der Waals surface area contributed by atoms with E-state index in [1.165, 1.54) is 4.88 Å². The number of hydrogen-bond donors (Lipinski definition) is 2. The Morgan fingerprint density at radius 2 is 2.21 bits per heavy atom. The molecule has 1 atom stereocenters. The number of thiazole rings is 1. The van der Waals surface area contributed by atoms with Crippen LogP contribution in [0.3, 0.4) is 0 Å². The van der Waals surface area contributed by atoms with Crippen LogP contribution in [0, 0.1) is 6.92 Å². The van der Waals surface area contributed by atoms with Gasteiger partial charge in [0.1, 0.15) is 10.8 Å². The smallest absolute Gasteiger partial charge is 0.120 e. The van der Waals surface area contributed by atoms with Crippen LogP contribution in [0.1, 0.15) is 40.9 Å². The van der Waals surface area contributed by atoms with Gasteiger partial charge in [0, 0.05) is 29.2 Å². The Balaban J connectivity index is 1.98. The summed E-state index contributed by atoms with van der Waals surface area (Å²) >= 11 is 1.74. The molecule has 4 heteroatoms. The molecule has 2 aromatic rings. The normalized spacial score (nSPS) is 12.6. The molecule has 3 nitrogen and oxygen atoms in total. The van der Waals surface area contributed by atoms with Gasteiger partial charge < -0.3 is 10.4 Å². The van der Waals surface area contributed by atoms with Gasteiger partial charge in [-0.1, -0.05) is 19.1 Å². The molecule has 0 radical (unpaired) electrons. The Hall–Kier alpha value is -1.39. The second kappa shape index (κ2) is 6.17. The molecule has 2 rings (SSSR count). The zero-order chi connectivity index (χ0) is 13.8. The van der Waals surface area contributed by atoms with Crippen molar-refractivity contribution in [3.05, 3.63) is 45.4 Å². The number of nitrogens with zero attached hydrogens (tertiary/aromatic N) is 1. The second-order valence-corrected chi connectivity index (χ2v) is 5.94. The lowest BCUT2D eigenvalue weighted by Crippen LogP contribution is -2.18. The zero-order valence-electron chi connectivity index (χ0n) is 11.6. The van der Waals surface area contributed by atoms with Gasteiger partial charge >= 0.3 is 0 Å². The minimum Gasteiger partial charge on any atom is -0.508 e. The Morgan fingerprint density at radius 3 is 2.84 bits per heavy atom. The molecular weight excluding hydrogens is 256 g/mol. The highest BCUT2D eigenvalue weighted by molar-refractivity contribution is 7.11. The molecule has 0 spiro atoms. The molecule has 0 amide bonds. The fourth-order valence-electron chi connectivity index (χ4n) is 1.96. The number of aromatic nitrogens is 1. The van der Waals surface area contributed by atoms with E-state index in [0.717, 1.165) is 29.1 Å². The second-order valence-electron chi connectivity index (χ2n) is 4.74. The van der Waals surface area contributed by atoms with Crippen LogP contribution in [0.15, 0.2) is 24.4 Å². The molecule has 0 saturated carbocycles. The van der Waals surface area contributed by atoms with Crippen molar-refractivity contribution in [3.8, 4) is 5.75 Å². The number of phenolic OH excluding ortho intramolecular Hbond substituents is 1. The van der Waals surface area contributed by atoms with Crippen molar-refractivity contribution in [3.63, 3.8) is 0 Å². The summed E-state index contributed by atoms with van der Waals surface area (Å²) < 4.78 is 0. The van der Waals surface area contributed by atoms with Gasteiger partial charge in [0.25, 0.3) is 0 Å². The summed E-state index contributed by atoms with van der Waals surface area (Å²) in [6, 6.07) is 5.90. The van der Waals surface area contributed by atoms with Gasteiger partial charge in [-0.25, -0.2) is 4.98 Å². The first kappa shape index (κ1) is 14.0. The fraction of sp³-hybridized carbons (Fsp3) is 0.400. The number of benzene rings is 1. The van der Waals surface area contributed by atoms with Crippen LogP contribution in [0.25, 0.3) is 0 Å². The molecule has 102 valence electrons. The predicted octanol–water partition coefficient (Wildman–Crippen LogP) is 3.57. The lowest BCUT2D eigenvalue weighted by molar-refractivity contribution is 0.452. The maximum absolute atomic E-state index is 9.95. The summed E-state index contributed by atoms with van der Waals surface area (Å²) in [7, 11) is 0. The van der Waals surface area contributed by atoms with Crippen molar-refractivity contribution >= 4 is 11.3 Å². The standard InChI is InChI=1S/C15H20N2OS/c1-4-12-8-17-15(19-12)9-16-11(3)13-6-5-10(2)7-14(13)18/h5-8,11,16,18H,4,9H2,1-3H3. The fourth-order valence-corrected chi connectivity index (χ4v) is 2.78. The van der Waals surface area contributed by atoms with Gasteiger partial charge in [-0.05, 0) is 31.9 Å². The van der Waals surface area contributed by atoms with Crippen LogP contribution < -0.4 is 5.32 Å². The van der Waals surface area contributed by atoms with E-state index >= 15 is 0 Å². The number of hydrogen-bond acceptors (Lipinski definition) is 4. The first-order valence-electron chi connectivity index (χ1n) is 6.56. The number of rotatable bonds is 5. The lowest BCUT2D eigenvalue weighted by Gasteiger charge is -2.15. The molecular formula is C15H20N2OS. The van der Waals surface area contributed by atoms with Gasteiger partial charge in [0.2, 0.25) is 0 Å². The molecule has 0 fully saturated rings.